The van der Waals surface area contributed by atoms with E-state index in [0.717, 1.165) is 18.4 Å². The normalized spacial score (nSPS) is 25.9. The lowest BCUT2D eigenvalue weighted by molar-refractivity contribution is -0.176. The Hall–Kier alpha value is -1.01. The van der Waals surface area contributed by atoms with Gasteiger partial charge in [0, 0.05) is 10.6 Å². The Bertz CT molecular complexity index is 460. The van der Waals surface area contributed by atoms with Crippen molar-refractivity contribution in [3.63, 3.8) is 0 Å². The van der Waals surface area contributed by atoms with Crippen molar-refractivity contribution in [1.82, 2.24) is 0 Å². The standard InChI is InChI=1S/C15H17ClO2/c1-4-13-14(11-9-7-8-10-12(11)16)18-15(5-2,6-3)17-13/h1,7-10,13-14H,5-6H2,2-3H3/t13-,14-/m1/s1. The zero-order valence-corrected chi connectivity index (χ0v) is 11.4. The third-order valence-corrected chi connectivity index (χ3v) is 3.76. The Morgan fingerprint density at radius 2 is 1.94 bits per heavy atom. The van der Waals surface area contributed by atoms with Crippen molar-refractivity contribution in [3.05, 3.63) is 34.9 Å². The number of terminal acetylenes is 1. The van der Waals surface area contributed by atoms with Crippen molar-refractivity contribution in [2.45, 2.75) is 44.7 Å². The summed E-state index contributed by atoms with van der Waals surface area (Å²) < 4.78 is 12.0. The van der Waals surface area contributed by atoms with Gasteiger partial charge in [-0.1, -0.05) is 49.6 Å². The van der Waals surface area contributed by atoms with Crippen molar-refractivity contribution in [1.29, 1.82) is 0 Å². The maximum Gasteiger partial charge on any atom is 0.170 e. The fraction of sp³-hybridized carbons (Fsp3) is 0.467. The van der Waals surface area contributed by atoms with E-state index in [9.17, 15) is 0 Å². The van der Waals surface area contributed by atoms with Gasteiger partial charge < -0.3 is 9.47 Å². The second kappa shape index (κ2) is 5.32. The minimum absolute atomic E-state index is 0.288. The number of hydrogen-bond acceptors (Lipinski definition) is 2. The van der Waals surface area contributed by atoms with Crippen LogP contribution in [0.1, 0.15) is 38.4 Å². The van der Waals surface area contributed by atoms with Crippen LogP contribution in [-0.4, -0.2) is 11.9 Å². The zero-order chi connectivity index (χ0) is 13.2. The summed E-state index contributed by atoms with van der Waals surface area (Å²) in [6, 6.07) is 7.59. The van der Waals surface area contributed by atoms with Crippen LogP contribution >= 0.6 is 11.6 Å². The van der Waals surface area contributed by atoms with Crippen LogP contribution in [0.4, 0.5) is 0 Å². The Morgan fingerprint density at radius 3 is 2.50 bits per heavy atom. The summed E-state index contributed by atoms with van der Waals surface area (Å²) in [7, 11) is 0. The van der Waals surface area contributed by atoms with Crippen LogP contribution in [0, 0.1) is 12.3 Å². The minimum Gasteiger partial charge on any atom is -0.338 e. The third kappa shape index (κ3) is 2.27. The van der Waals surface area contributed by atoms with E-state index in [0.29, 0.717) is 5.02 Å². The molecule has 2 atom stereocenters. The number of rotatable bonds is 3. The maximum absolute atomic E-state index is 6.20. The van der Waals surface area contributed by atoms with E-state index in [1.54, 1.807) is 0 Å². The molecule has 0 aromatic heterocycles. The van der Waals surface area contributed by atoms with Crippen molar-refractivity contribution >= 4 is 11.6 Å². The van der Waals surface area contributed by atoms with Crippen molar-refractivity contribution in [2.24, 2.45) is 0 Å². The highest BCUT2D eigenvalue weighted by atomic mass is 35.5. The van der Waals surface area contributed by atoms with Gasteiger partial charge in [0.2, 0.25) is 0 Å². The first-order valence-corrected chi connectivity index (χ1v) is 6.59. The fourth-order valence-electron chi connectivity index (χ4n) is 2.25. The van der Waals surface area contributed by atoms with E-state index in [4.69, 9.17) is 27.5 Å². The van der Waals surface area contributed by atoms with Gasteiger partial charge in [-0.2, -0.15) is 0 Å². The van der Waals surface area contributed by atoms with E-state index in [2.05, 4.69) is 5.92 Å². The summed E-state index contributed by atoms with van der Waals surface area (Å²) in [4.78, 5) is 0. The van der Waals surface area contributed by atoms with Crippen LogP contribution < -0.4 is 0 Å². The van der Waals surface area contributed by atoms with Crippen LogP contribution in [0.15, 0.2) is 24.3 Å². The summed E-state index contributed by atoms with van der Waals surface area (Å²) in [5.74, 6) is 2.07. The van der Waals surface area contributed by atoms with Crippen LogP contribution in [0.25, 0.3) is 0 Å². The highest BCUT2D eigenvalue weighted by molar-refractivity contribution is 6.31. The van der Waals surface area contributed by atoms with E-state index in [-0.39, 0.29) is 12.2 Å². The minimum atomic E-state index is -0.582. The molecular weight excluding hydrogens is 248 g/mol. The summed E-state index contributed by atoms with van der Waals surface area (Å²) in [5.41, 5.74) is 0.894. The van der Waals surface area contributed by atoms with Gasteiger partial charge in [0.25, 0.3) is 0 Å². The van der Waals surface area contributed by atoms with Gasteiger partial charge >= 0.3 is 0 Å². The molecule has 0 bridgehead atoms. The Morgan fingerprint density at radius 1 is 1.28 bits per heavy atom. The zero-order valence-electron chi connectivity index (χ0n) is 10.7. The molecule has 0 aliphatic carbocycles. The maximum atomic E-state index is 6.20. The molecule has 0 saturated carbocycles. The van der Waals surface area contributed by atoms with Gasteiger partial charge in [0.05, 0.1) is 0 Å². The molecule has 0 unspecified atom stereocenters. The van der Waals surface area contributed by atoms with E-state index in [1.807, 2.05) is 38.1 Å². The predicted octanol–water partition coefficient (Wildman–Crippen LogP) is 3.95. The molecule has 1 aromatic carbocycles. The molecule has 96 valence electrons. The lowest BCUT2D eigenvalue weighted by Gasteiger charge is -2.24. The van der Waals surface area contributed by atoms with Gasteiger partial charge in [-0.25, -0.2) is 0 Å². The van der Waals surface area contributed by atoms with E-state index >= 15 is 0 Å². The lowest BCUT2D eigenvalue weighted by Crippen LogP contribution is -2.28. The molecule has 1 heterocycles. The number of benzene rings is 1. The summed E-state index contributed by atoms with van der Waals surface area (Å²) in [6.45, 7) is 4.07. The predicted molar refractivity (Wildman–Crippen MR) is 72.3 cm³/mol. The Kier molecular flexibility index (Phi) is 3.97. The van der Waals surface area contributed by atoms with Crippen molar-refractivity contribution < 1.29 is 9.47 Å². The average Bonchev–Trinajstić information content (AvgIpc) is 2.79. The number of ether oxygens (including phenoxy) is 2. The summed E-state index contributed by atoms with van der Waals surface area (Å²) in [5, 5.41) is 0.661. The highest BCUT2D eigenvalue weighted by Crippen LogP contribution is 2.43. The molecule has 1 fully saturated rings. The van der Waals surface area contributed by atoms with Gasteiger partial charge in [-0.15, -0.1) is 6.42 Å². The van der Waals surface area contributed by atoms with Gasteiger partial charge in [0.15, 0.2) is 11.9 Å². The van der Waals surface area contributed by atoms with Gasteiger partial charge in [-0.05, 0) is 18.9 Å². The lowest BCUT2D eigenvalue weighted by atomic mass is 10.1. The fourth-order valence-corrected chi connectivity index (χ4v) is 2.49. The summed E-state index contributed by atoms with van der Waals surface area (Å²) >= 11 is 6.20. The third-order valence-electron chi connectivity index (χ3n) is 3.41. The molecule has 1 aliphatic rings. The van der Waals surface area contributed by atoms with Crippen LogP contribution in [0.2, 0.25) is 5.02 Å². The van der Waals surface area contributed by atoms with Crippen molar-refractivity contribution in [2.75, 3.05) is 0 Å². The SMILES string of the molecule is C#C[C@H]1OC(CC)(CC)O[C@@H]1c1ccccc1Cl. The van der Waals surface area contributed by atoms with E-state index in [1.165, 1.54) is 0 Å². The molecular formula is C15H17ClO2. The average molecular weight is 265 g/mol. The van der Waals surface area contributed by atoms with Crippen LogP contribution in [0.5, 0.6) is 0 Å². The highest BCUT2D eigenvalue weighted by Gasteiger charge is 2.45. The molecule has 0 spiro atoms. The molecule has 18 heavy (non-hydrogen) atoms. The van der Waals surface area contributed by atoms with Gasteiger partial charge in [-0.3, -0.25) is 0 Å². The molecule has 1 aliphatic heterocycles. The molecule has 3 heteroatoms. The Labute approximate surface area is 113 Å². The molecule has 1 aromatic rings. The van der Waals surface area contributed by atoms with Gasteiger partial charge in [0.1, 0.15) is 6.10 Å². The monoisotopic (exact) mass is 264 g/mol. The first kappa shape index (κ1) is 13.4. The first-order valence-electron chi connectivity index (χ1n) is 6.22. The molecule has 2 rings (SSSR count). The Balaban J connectivity index is 2.34. The van der Waals surface area contributed by atoms with Crippen LogP contribution in [0.3, 0.4) is 0 Å². The number of hydrogen-bond donors (Lipinski definition) is 0. The quantitative estimate of drug-likeness (QED) is 0.770. The topological polar surface area (TPSA) is 18.5 Å². The molecule has 1 saturated heterocycles. The van der Waals surface area contributed by atoms with Crippen LogP contribution in [-0.2, 0) is 9.47 Å². The molecule has 0 N–H and O–H groups in total. The molecule has 0 radical (unpaired) electrons. The van der Waals surface area contributed by atoms with Crippen molar-refractivity contribution in [3.8, 4) is 12.3 Å². The number of halogens is 1. The smallest absolute Gasteiger partial charge is 0.170 e. The second-order valence-electron chi connectivity index (χ2n) is 4.38. The first-order chi connectivity index (χ1) is 8.65. The second-order valence-corrected chi connectivity index (χ2v) is 4.79. The summed E-state index contributed by atoms with van der Waals surface area (Å²) in [6.07, 6.45) is 6.40. The molecule has 0 amide bonds. The molecule has 2 nitrogen and oxygen atoms in total. The largest absolute Gasteiger partial charge is 0.338 e. The van der Waals surface area contributed by atoms with E-state index < -0.39 is 5.79 Å².